The van der Waals surface area contributed by atoms with Crippen LogP contribution in [0.15, 0.2) is 18.2 Å². The molecule has 1 aromatic carbocycles. The first-order chi connectivity index (χ1) is 10.5. The maximum atomic E-state index is 12.3. The Kier molecular flexibility index (Phi) is 4.97. The molecule has 0 heterocycles. The van der Waals surface area contributed by atoms with Gasteiger partial charge in [0.2, 0.25) is 5.91 Å². The minimum atomic E-state index is -0.709. The first kappa shape index (κ1) is 16.2. The van der Waals surface area contributed by atoms with Gasteiger partial charge in [-0.15, -0.1) is 0 Å². The first-order valence-corrected chi connectivity index (χ1v) is 7.78. The average Bonchev–Trinajstić information content (AvgIpc) is 2.96. The molecule has 0 bridgehead atoms. The van der Waals surface area contributed by atoms with E-state index in [9.17, 15) is 14.9 Å². The predicted molar refractivity (Wildman–Crippen MR) is 84.4 cm³/mol. The fraction of sp³-hybridized carbons (Fsp3) is 0.500. The summed E-state index contributed by atoms with van der Waals surface area (Å²) in [6.45, 7) is 3.84. The number of ketones is 1. The Labute approximate surface area is 131 Å². The van der Waals surface area contributed by atoms with Crippen molar-refractivity contribution in [3.63, 3.8) is 0 Å². The molecule has 1 aromatic rings. The van der Waals surface area contributed by atoms with Crippen molar-refractivity contribution in [1.82, 2.24) is 5.32 Å². The summed E-state index contributed by atoms with van der Waals surface area (Å²) in [5.41, 5.74) is 1.94. The normalized spacial score (nSPS) is 16.0. The van der Waals surface area contributed by atoms with Gasteiger partial charge in [-0.1, -0.05) is 17.7 Å². The molecule has 22 heavy (non-hydrogen) atoms. The highest BCUT2D eigenvalue weighted by atomic mass is 16.2. The second-order valence-electron chi connectivity index (χ2n) is 6.19. The van der Waals surface area contributed by atoms with Gasteiger partial charge < -0.3 is 5.32 Å². The van der Waals surface area contributed by atoms with Crippen LogP contribution in [-0.4, -0.2) is 17.2 Å². The van der Waals surface area contributed by atoms with Gasteiger partial charge >= 0.3 is 0 Å². The zero-order chi connectivity index (χ0) is 16.2. The minimum Gasteiger partial charge on any atom is -0.338 e. The first-order valence-electron chi connectivity index (χ1n) is 7.78. The van der Waals surface area contributed by atoms with Crippen LogP contribution < -0.4 is 5.32 Å². The second-order valence-corrected chi connectivity index (χ2v) is 6.19. The van der Waals surface area contributed by atoms with E-state index in [1.807, 2.05) is 32.0 Å². The summed E-state index contributed by atoms with van der Waals surface area (Å²) < 4.78 is 0. The molecule has 0 radical (unpaired) electrons. The van der Waals surface area contributed by atoms with E-state index in [1.165, 1.54) is 0 Å². The van der Waals surface area contributed by atoms with Gasteiger partial charge in [-0.3, -0.25) is 9.59 Å². The van der Waals surface area contributed by atoms with Crippen LogP contribution in [0.1, 0.15) is 60.0 Å². The zero-order valence-corrected chi connectivity index (χ0v) is 13.2. The van der Waals surface area contributed by atoms with Crippen LogP contribution in [0.3, 0.4) is 0 Å². The van der Waals surface area contributed by atoms with Crippen molar-refractivity contribution in [3.05, 3.63) is 34.9 Å². The predicted octanol–water partition coefficient (Wildman–Crippen LogP) is 3.22. The lowest BCUT2D eigenvalue weighted by Gasteiger charge is -2.21. The SMILES string of the molecule is Cc1ccc(C)c(C(=O)CCC(=O)NC2(C#N)CCCC2)c1. The number of nitrogens with one attached hydrogen (secondary N) is 1. The van der Waals surface area contributed by atoms with Crippen molar-refractivity contribution < 1.29 is 9.59 Å². The number of Topliss-reactive ketones (excluding diaryl/α,β-unsaturated/α-hetero) is 1. The molecule has 4 nitrogen and oxygen atoms in total. The topological polar surface area (TPSA) is 70.0 Å². The maximum absolute atomic E-state index is 12.3. The molecule has 0 spiro atoms. The Morgan fingerprint density at radius 1 is 1.23 bits per heavy atom. The number of carbonyl (C=O) groups is 2. The van der Waals surface area contributed by atoms with E-state index in [4.69, 9.17) is 0 Å². The van der Waals surface area contributed by atoms with Crippen LogP contribution in [0.5, 0.6) is 0 Å². The Morgan fingerprint density at radius 2 is 1.91 bits per heavy atom. The standard InChI is InChI=1S/C18H22N2O2/c1-13-5-6-14(2)15(11-13)16(21)7-8-17(22)20-18(12-19)9-3-4-10-18/h5-6,11H,3-4,7-10H2,1-2H3,(H,20,22). The lowest BCUT2D eigenvalue weighted by molar-refractivity contribution is -0.122. The molecular formula is C18H22N2O2. The number of benzene rings is 1. The lowest BCUT2D eigenvalue weighted by Crippen LogP contribution is -2.45. The van der Waals surface area contributed by atoms with Crippen LogP contribution >= 0.6 is 0 Å². The molecular weight excluding hydrogens is 276 g/mol. The van der Waals surface area contributed by atoms with Crippen LogP contribution in [0.4, 0.5) is 0 Å². The minimum absolute atomic E-state index is 0.0196. The number of aryl methyl sites for hydroxylation is 2. The Morgan fingerprint density at radius 3 is 2.55 bits per heavy atom. The van der Waals surface area contributed by atoms with Gasteiger partial charge in [-0.2, -0.15) is 5.26 Å². The van der Waals surface area contributed by atoms with Gasteiger partial charge in [0.15, 0.2) is 5.78 Å². The molecule has 1 N–H and O–H groups in total. The van der Waals surface area contributed by atoms with Crippen molar-refractivity contribution >= 4 is 11.7 Å². The molecule has 1 aliphatic carbocycles. The van der Waals surface area contributed by atoms with Crippen molar-refractivity contribution in [1.29, 1.82) is 5.26 Å². The third-order valence-corrected chi connectivity index (χ3v) is 4.32. The van der Waals surface area contributed by atoms with Gasteiger partial charge in [-0.25, -0.2) is 0 Å². The molecule has 116 valence electrons. The molecule has 0 unspecified atom stereocenters. The maximum Gasteiger partial charge on any atom is 0.221 e. The van der Waals surface area contributed by atoms with Crippen molar-refractivity contribution in [2.75, 3.05) is 0 Å². The van der Waals surface area contributed by atoms with Crippen LogP contribution in [0, 0.1) is 25.2 Å². The molecule has 0 aliphatic heterocycles. The monoisotopic (exact) mass is 298 g/mol. The number of carbonyl (C=O) groups excluding carboxylic acids is 2. The lowest BCUT2D eigenvalue weighted by atomic mass is 9.97. The fourth-order valence-electron chi connectivity index (χ4n) is 2.97. The Bertz CT molecular complexity index is 622. The summed E-state index contributed by atoms with van der Waals surface area (Å²) in [5, 5.41) is 12.1. The van der Waals surface area contributed by atoms with E-state index >= 15 is 0 Å². The third kappa shape index (κ3) is 3.73. The number of hydrogen-bond acceptors (Lipinski definition) is 3. The van der Waals surface area contributed by atoms with E-state index in [0.29, 0.717) is 18.4 Å². The van der Waals surface area contributed by atoms with Crippen LogP contribution in [0.2, 0.25) is 0 Å². The summed E-state index contributed by atoms with van der Waals surface area (Å²) in [6, 6.07) is 7.98. The summed E-state index contributed by atoms with van der Waals surface area (Å²) in [6.07, 6.45) is 3.66. The van der Waals surface area contributed by atoms with E-state index < -0.39 is 5.54 Å². The Hall–Kier alpha value is -2.15. The summed E-state index contributed by atoms with van der Waals surface area (Å²) in [7, 11) is 0. The zero-order valence-electron chi connectivity index (χ0n) is 13.2. The average molecular weight is 298 g/mol. The van der Waals surface area contributed by atoms with Crippen molar-refractivity contribution in [2.45, 2.75) is 57.9 Å². The van der Waals surface area contributed by atoms with E-state index in [0.717, 1.165) is 24.0 Å². The smallest absolute Gasteiger partial charge is 0.221 e. The summed E-state index contributed by atoms with van der Waals surface area (Å²) in [4.78, 5) is 24.3. The largest absolute Gasteiger partial charge is 0.338 e. The number of hydrogen-bond donors (Lipinski definition) is 1. The van der Waals surface area contributed by atoms with Gasteiger partial charge in [0.25, 0.3) is 0 Å². The van der Waals surface area contributed by atoms with E-state index in [-0.39, 0.29) is 24.5 Å². The highest BCUT2D eigenvalue weighted by Gasteiger charge is 2.35. The molecule has 2 rings (SSSR count). The van der Waals surface area contributed by atoms with Gasteiger partial charge in [0.05, 0.1) is 6.07 Å². The van der Waals surface area contributed by atoms with Crippen molar-refractivity contribution in [3.8, 4) is 6.07 Å². The van der Waals surface area contributed by atoms with Gasteiger partial charge in [0.1, 0.15) is 5.54 Å². The van der Waals surface area contributed by atoms with E-state index in [2.05, 4.69) is 11.4 Å². The van der Waals surface area contributed by atoms with Crippen LogP contribution in [0.25, 0.3) is 0 Å². The molecule has 1 amide bonds. The van der Waals surface area contributed by atoms with Crippen molar-refractivity contribution in [2.24, 2.45) is 0 Å². The molecule has 0 saturated heterocycles. The van der Waals surface area contributed by atoms with E-state index in [1.54, 1.807) is 0 Å². The Balaban J connectivity index is 1.92. The molecule has 0 atom stereocenters. The quantitative estimate of drug-likeness (QED) is 0.848. The van der Waals surface area contributed by atoms with Crippen LogP contribution in [-0.2, 0) is 4.79 Å². The molecule has 1 fully saturated rings. The summed E-state index contributed by atoms with van der Waals surface area (Å²) in [5.74, 6) is -0.226. The molecule has 4 heteroatoms. The molecule has 0 aromatic heterocycles. The number of amides is 1. The molecule has 1 saturated carbocycles. The van der Waals surface area contributed by atoms with Gasteiger partial charge in [0, 0.05) is 18.4 Å². The van der Waals surface area contributed by atoms with Gasteiger partial charge in [-0.05, 0) is 51.2 Å². The number of rotatable bonds is 5. The highest BCUT2D eigenvalue weighted by Crippen LogP contribution is 2.29. The third-order valence-electron chi connectivity index (χ3n) is 4.32. The fourth-order valence-corrected chi connectivity index (χ4v) is 2.97. The number of nitriles is 1. The second kappa shape index (κ2) is 6.74. The molecule has 1 aliphatic rings. The highest BCUT2D eigenvalue weighted by molar-refractivity contribution is 5.99. The summed E-state index contributed by atoms with van der Waals surface area (Å²) >= 11 is 0. The number of nitrogens with zero attached hydrogens (tertiary/aromatic N) is 1.